The van der Waals surface area contributed by atoms with Crippen LogP contribution in [0.5, 0.6) is 0 Å². The van der Waals surface area contributed by atoms with Crippen molar-refractivity contribution in [3.63, 3.8) is 0 Å². The van der Waals surface area contributed by atoms with Crippen LogP contribution in [0.1, 0.15) is 99.3 Å². The Morgan fingerprint density at radius 1 is 0.742 bits per heavy atom. The molecular weight excluding hydrogens is 384 g/mol. The Hall–Kier alpha value is -0.120. The molecule has 0 aromatic carbocycles. The summed E-state index contributed by atoms with van der Waals surface area (Å²) in [5.74, 6) is 4.30. The second-order valence-electron chi connectivity index (χ2n) is 13.3. The molecule has 0 aliphatic heterocycles. The molecule has 0 aromatic heterocycles. The summed E-state index contributed by atoms with van der Waals surface area (Å²) in [7, 11) is 0. The van der Waals surface area contributed by atoms with Crippen molar-refractivity contribution >= 4 is 0 Å². The third kappa shape index (κ3) is 3.83. The highest BCUT2D eigenvalue weighted by Gasteiger charge is 2.61. The van der Waals surface area contributed by atoms with E-state index in [1.54, 1.807) is 0 Å². The molecular formula is C28H50O3. The molecule has 0 heterocycles. The molecule has 4 unspecified atom stereocenters. The lowest BCUT2D eigenvalue weighted by Gasteiger charge is -2.61. The number of fused-ring (bicyclic) bond motifs is 5. The maximum atomic E-state index is 11.1. The third-order valence-corrected chi connectivity index (χ3v) is 11.8. The van der Waals surface area contributed by atoms with E-state index in [9.17, 15) is 15.3 Å². The van der Waals surface area contributed by atoms with Crippen LogP contribution in [0.4, 0.5) is 0 Å². The summed E-state index contributed by atoms with van der Waals surface area (Å²) < 4.78 is 0. The fraction of sp³-hybridized carbons (Fsp3) is 1.00. The number of aliphatic hydroxyl groups excluding tert-OH is 3. The van der Waals surface area contributed by atoms with Gasteiger partial charge in [0.1, 0.15) is 0 Å². The van der Waals surface area contributed by atoms with Gasteiger partial charge in [0.05, 0.1) is 18.3 Å². The van der Waals surface area contributed by atoms with Crippen molar-refractivity contribution in [1.82, 2.24) is 0 Å². The summed E-state index contributed by atoms with van der Waals surface area (Å²) in [6, 6.07) is 0. The van der Waals surface area contributed by atoms with Crippen LogP contribution < -0.4 is 0 Å². The van der Waals surface area contributed by atoms with Crippen molar-refractivity contribution in [2.45, 2.75) is 118 Å². The SMILES string of the molecule is CC(C)[C@H](C)[C@@H](O)[C@H](O)[C@@H](C)C1CCC2C3CC[C@H]4C[C@H](O)CC[C@]4(C)C3CC[C@@]21C. The van der Waals surface area contributed by atoms with E-state index in [0.717, 1.165) is 30.6 Å². The zero-order chi connectivity index (χ0) is 22.7. The van der Waals surface area contributed by atoms with Crippen molar-refractivity contribution < 1.29 is 15.3 Å². The van der Waals surface area contributed by atoms with Gasteiger partial charge in [0.25, 0.3) is 0 Å². The number of rotatable bonds is 5. The number of hydrogen-bond donors (Lipinski definition) is 3. The van der Waals surface area contributed by atoms with Crippen LogP contribution in [-0.2, 0) is 0 Å². The average Bonchev–Trinajstić information content (AvgIpc) is 3.09. The molecule has 180 valence electrons. The van der Waals surface area contributed by atoms with E-state index < -0.39 is 12.2 Å². The lowest BCUT2D eigenvalue weighted by molar-refractivity contribution is -0.136. The maximum Gasteiger partial charge on any atom is 0.0830 e. The van der Waals surface area contributed by atoms with Crippen LogP contribution in [0.25, 0.3) is 0 Å². The van der Waals surface area contributed by atoms with Crippen LogP contribution in [0.15, 0.2) is 0 Å². The molecule has 0 bridgehead atoms. The molecule has 4 aliphatic rings. The van der Waals surface area contributed by atoms with Crippen LogP contribution in [-0.4, -0.2) is 33.6 Å². The van der Waals surface area contributed by atoms with E-state index in [1.165, 1.54) is 44.9 Å². The minimum absolute atomic E-state index is 0.0682. The summed E-state index contributed by atoms with van der Waals surface area (Å²) >= 11 is 0. The van der Waals surface area contributed by atoms with Gasteiger partial charge in [-0.15, -0.1) is 0 Å². The zero-order valence-electron chi connectivity index (χ0n) is 21.1. The van der Waals surface area contributed by atoms with Crippen molar-refractivity contribution in [3.05, 3.63) is 0 Å². The molecule has 4 aliphatic carbocycles. The molecule has 4 fully saturated rings. The summed E-state index contributed by atoms with van der Waals surface area (Å²) in [6.45, 7) is 13.7. The van der Waals surface area contributed by atoms with Crippen LogP contribution in [0.2, 0.25) is 0 Å². The molecule has 0 aromatic rings. The molecule has 0 amide bonds. The average molecular weight is 435 g/mol. The van der Waals surface area contributed by atoms with E-state index in [4.69, 9.17) is 0 Å². The Kier molecular flexibility index (Phi) is 6.65. The first kappa shape index (κ1) is 24.0. The molecule has 0 saturated heterocycles. The summed E-state index contributed by atoms with van der Waals surface area (Å²) in [4.78, 5) is 0. The van der Waals surface area contributed by atoms with Crippen LogP contribution in [0, 0.1) is 58.2 Å². The topological polar surface area (TPSA) is 60.7 Å². The largest absolute Gasteiger partial charge is 0.393 e. The van der Waals surface area contributed by atoms with Crippen molar-refractivity contribution in [2.24, 2.45) is 58.2 Å². The molecule has 3 heteroatoms. The van der Waals surface area contributed by atoms with Gasteiger partial charge in [0.15, 0.2) is 0 Å². The first-order valence-corrected chi connectivity index (χ1v) is 13.5. The highest BCUT2D eigenvalue weighted by Crippen LogP contribution is 2.68. The van der Waals surface area contributed by atoms with Gasteiger partial charge < -0.3 is 15.3 Å². The fourth-order valence-electron chi connectivity index (χ4n) is 9.39. The summed E-state index contributed by atoms with van der Waals surface area (Å²) in [6.07, 6.45) is 9.68. The first-order chi connectivity index (χ1) is 14.5. The monoisotopic (exact) mass is 434 g/mol. The quantitative estimate of drug-likeness (QED) is 0.523. The Bertz CT molecular complexity index is 634. The lowest BCUT2D eigenvalue weighted by atomic mass is 9.44. The van der Waals surface area contributed by atoms with Gasteiger partial charge in [0, 0.05) is 0 Å². The number of aliphatic hydroxyl groups is 3. The van der Waals surface area contributed by atoms with Gasteiger partial charge in [-0.3, -0.25) is 0 Å². The van der Waals surface area contributed by atoms with E-state index in [0.29, 0.717) is 28.6 Å². The van der Waals surface area contributed by atoms with Gasteiger partial charge in [-0.2, -0.15) is 0 Å². The Morgan fingerprint density at radius 3 is 2.06 bits per heavy atom. The molecule has 12 atom stereocenters. The van der Waals surface area contributed by atoms with Crippen molar-refractivity contribution in [1.29, 1.82) is 0 Å². The minimum Gasteiger partial charge on any atom is -0.393 e. The highest BCUT2D eigenvalue weighted by atomic mass is 16.3. The predicted molar refractivity (Wildman–Crippen MR) is 126 cm³/mol. The Balaban J connectivity index is 1.51. The standard InChI is InChI=1S/C28H50O3/c1-16(2)17(3)25(30)26(31)18(4)22-9-10-23-21-8-7-19-15-20(29)11-13-27(19,5)24(21)12-14-28(22,23)6/h16-26,29-31H,7-15H2,1-6H3/t17-,18-,19-,20+,21?,22?,23?,24?,25+,26+,27-,28+/m0/s1. The fourth-order valence-corrected chi connectivity index (χ4v) is 9.39. The van der Waals surface area contributed by atoms with E-state index >= 15 is 0 Å². The third-order valence-electron chi connectivity index (χ3n) is 11.8. The van der Waals surface area contributed by atoms with E-state index in [-0.39, 0.29) is 17.9 Å². The second-order valence-corrected chi connectivity index (χ2v) is 13.3. The van der Waals surface area contributed by atoms with Crippen LogP contribution in [0.3, 0.4) is 0 Å². The predicted octanol–water partition coefficient (Wildman–Crippen LogP) is 5.66. The summed E-state index contributed by atoms with van der Waals surface area (Å²) in [5, 5.41) is 32.3. The maximum absolute atomic E-state index is 11.1. The summed E-state index contributed by atoms with van der Waals surface area (Å²) in [5.41, 5.74) is 0.731. The van der Waals surface area contributed by atoms with Crippen molar-refractivity contribution in [3.8, 4) is 0 Å². The minimum atomic E-state index is -0.628. The molecule has 4 rings (SSSR count). The van der Waals surface area contributed by atoms with Gasteiger partial charge in [-0.05, 0) is 116 Å². The Morgan fingerprint density at radius 2 is 1.39 bits per heavy atom. The van der Waals surface area contributed by atoms with Gasteiger partial charge >= 0.3 is 0 Å². The normalized spacial score (nSPS) is 49.0. The van der Waals surface area contributed by atoms with Crippen molar-refractivity contribution in [2.75, 3.05) is 0 Å². The molecule has 31 heavy (non-hydrogen) atoms. The molecule has 4 saturated carbocycles. The highest BCUT2D eigenvalue weighted by molar-refractivity contribution is 5.10. The van der Waals surface area contributed by atoms with Gasteiger partial charge in [-0.1, -0.05) is 41.5 Å². The lowest BCUT2D eigenvalue weighted by Crippen LogP contribution is -2.54. The van der Waals surface area contributed by atoms with E-state index in [2.05, 4.69) is 41.5 Å². The second kappa shape index (κ2) is 8.58. The Labute approximate surface area is 191 Å². The smallest absolute Gasteiger partial charge is 0.0830 e. The molecule has 0 radical (unpaired) electrons. The van der Waals surface area contributed by atoms with E-state index in [1.807, 2.05) is 0 Å². The van der Waals surface area contributed by atoms with Gasteiger partial charge in [0.2, 0.25) is 0 Å². The zero-order valence-corrected chi connectivity index (χ0v) is 21.1. The number of hydrogen-bond acceptors (Lipinski definition) is 3. The molecule has 3 N–H and O–H groups in total. The van der Waals surface area contributed by atoms with Crippen LogP contribution >= 0.6 is 0 Å². The van der Waals surface area contributed by atoms with Gasteiger partial charge in [-0.25, -0.2) is 0 Å². The molecule has 0 spiro atoms. The first-order valence-electron chi connectivity index (χ1n) is 13.5. The molecule has 3 nitrogen and oxygen atoms in total.